The lowest BCUT2D eigenvalue weighted by Gasteiger charge is -2.40. The highest BCUT2D eigenvalue weighted by molar-refractivity contribution is 7.13. The molecule has 4 rings (SSSR count). The fourth-order valence-electron chi connectivity index (χ4n) is 3.59. The van der Waals surface area contributed by atoms with E-state index >= 15 is 0 Å². The molecule has 0 spiro atoms. The number of piperidine rings is 1. The molecule has 1 fully saturated rings. The predicted molar refractivity (Wildman–Crippen MR) is 120 cm³/mol. The molecule has 156 valence electrons. The normalized spacial score (nSPS) is 21.5. The number of anilines is 2. The Morgan fingerprint density at radius 2 is 2.13 bits per heavy atom. The van der Waals surface area contributed by atoms with Crippen molar-refractivity contribution in [3.63, 3.8) is 0 Å². The summed E-state index contributed by atoms with van der Waals surface area (Å²) in [5.74, 6) is -0.310. The van der Waals surface area contributed by atoms with Crippen molar-refractivity contribution < 1.29 is 9.90 Å². The smallest absolute Gasteiger partial charge is 0.275 e. The van der Waals surface area contributed by atoms with Crippen LogP contribution in [0.25, 0.3) is 10.6 Å². The van der Waals surface area contributed by atoms with Crippen LogP contribution in [0.2, 0.25) is 5.02 Å². The van der Waals surface area contributed by atoms with Gasteiger partial charge in [-0.3, -0.25) is 9.78 Å². The monoisotopic (exact) mass is 443 g/mol. The molecule has 3 heterocycles. The molecule has 30 heavy (non-hydrogen) atoms. The number of halogens is 1. The molecule has 0 radical (unpaired) electrons. The van der Waals surface area contributed by atoms with E-state index in [0.717, 1.165) is 11.3 Å². The van der Waals surface area contributed by atoms with Crippen LogP contribution in [0.3, 0.4) is 0 Å². The SMILES string of the molecule is CC1CN(c2ccncc2NC(=O)c2csc(-c3ccccc3Cl)n2)CC(N)C1O. The molecule has 0 aliphatic carbocycles. The number of hydrogen-bond donors (Lipinski definition) is 3. The van der Waals surface area contributed by atoms with E-state index in [4.69, 9.17) is 17.3 Å². The number of amides is 1. The van der Waals surface area contributed by atoms with Crippen molar-refractivity contribution in [3.8, 4) is 10.6 Å². The second-order valence-corrected chi connectivity index (χ2v) is 8.67. The van der Waals surface area contributed by atoms with E-state index in [1.165, 1.54) is 11.3 Å². The van der Waals surface area contributed by atoms with Crippen LogP contribution in [0.1, 0.15) is 17.4 Å². The lowest BCUT2D eigenvalue weighted by Crippen LogP contribution is -2.55. The summed E-state index contributed by atoms with van der Waals surface area (Å²) < 4.78 is 0. The molecule has 0 bridgehead atoms. The summed E-state index contributed by atoms with van der Waals surface area (Å²) in [6, 6.07) is 8.87. The molecule has 1 aromatic carbocycles. The van der Waals surface area contributed by atoms with Crippen LogP contribution in [-0.4, -0.2) is 46.2 Å². The molecular weight excluding hydrogens is 422 g/mol. The number of aliphatic hydroxyl groups is 1. The van der Waals surface area contributed by atoms with Crippen molar-refractivity contribution in [2.75, 3.05) is 23.3 Å². The van der Waals surface area contributed by atoms with Gasteiger partial charge in [0.1, 0.15) is 10.7 Å². The summed E-state index contributed by atoms with van der Waals surface area (Å²) in [7, 11) is 0. The van der Waals surface area contributed by atoms with Gasteiger partial charge in [0.15, 0.2) is 0 Å². The Kier molecular flexibility index (Phi) is 6.01. The van der Waals surface area contributed by atoms with Crippen LogP contribution in [0.15, 0.2) is 48.1 Å². The summed E-state index contributed by atoms with van der Waals surface area (Å²) in [4.78, 5) is 23.5. The summed E-state index contributed by atoms with van der Waals surface area (Å²) in [6.45, 7) is 3.09. The van der Waals surface area contributed by atoms with E-state index in [2.05, 4.69) is 20.2 Å². The summed E-state index contributed by atoms with van der Waals surface area (Å²) in [5, 5.41) is 16.0. The highest BCUT2D eigenvalue weighted by Gasteiger charge is 2.32. The molecule has 1 aliphatic heterocycles. The van der Waals surface area contributed by atoms with Crippen molar-refractivity contribution in [2.45, 2.75) is 19.1 Å². The number of rotatable bonds is 4. The lowest BCUT2D eigenvalue weighted by atomic mass is 9.92. The maximum Gasteiger partial charge on any atom is 0.275 e. The van der Waals surface area contributed by atoms with Crippen LogP contribution < -0.4 is 16.0 Å². The van der Waals surface area contributed by atoms with Gasteiger partial charge in [-0.15, -0.1) is 11.3 Å². The van der Waals surface area contributed by atoms with Crippen molar-refractivity contribution in [1.29, 1.82) is 0 Å². The molecule has 0 saturated carbocycles. The number of aromatic nitrogens is 2. The highest BCUT2D eigenvalue weighted by atomic mass is 35.5. The minimum absolute atomic E-state index is 0.0159. The first-order valence-electron chi connectivity index (χ1n) is 9.58. The van der Waals surface area contributed by atoms with Crippen molar-refractivity contribution >= 4 is 40.2 Å². The van der Waals surface area contributed by atoms with Gasteiger partial charge in [0.25, 0.3) is 5.91 Å². The topological polar surface area (TPSA) is 104 Å². The molecule has 1 aliphatic rings. The van der Waals surface area contributed by atoms with Crippen molar-refractivity contribution in [3.05, 3.63) is 58.8 Å². The number of nitrogens with two attached hydrogens (primary N) is 1. The molecule has 7 nitrogen and oxygen atoms in total. The fraction of sp³-hybridized carbons (Fsp3) is 0.286. The number of hydrogen-bond acceptors (Lipinski definition) is 7. The average molecular weight is 444 g/mol. The van der Waals surface area contributed by atoms with Gasteiger partial charge in [0.05, 0.1) is 28.7 Å². The maximum absolute atomic E-state index is 12.8. The minimum atomic E-state index is -0.542. The number of carbonyl (C=O) groups excluding carboxylic acids is 1. The van der Waals surface area contributed by atoms with Gasteiger partial charge >= 0.3 is 0 Å². The third-order valence-corrected chi connectivity index (χ3v) is 6.39. The number of pyridine rings is 1. The Labute approximate surface area is 183 Å². The lowest BCUT2D eigenvalue weighted by molar-refractivity contribution is 0.0785. The van der Waals surface area contributed by atoms with E-state index < -0.39 is 6.10 Å². The van der Waals surface area contributed by atoms with Gasteiger partial charge in [-0.1, -0.05) is 36.7 Å². The van der Waals surface area contributed by atoms with E-state index in [1.54, 1.807) is 23.8 Å². The third kappa shape index (κ3) is 4.17. The van der Waals surface area contributed by atoms with E-state index in [9.17, 15) is 9.90 Å². The predicted octanol–water partition coefficient (Wildman–Crippen LogP) is 3.26. The number of nitrogens with one attached hydrogen (secondary N) is 1. The van der Waals surface area contributed by atoms with Gasteiger partial charge in [-0.05, 0) is 12.1 Å². The third-order valence-electron chi connectivity index (χ3n) is 5.19. The molecule has 2 aromatic heterocycles. The van der Waals surface area contributed by atoms with Gasteiger partial charge in [0.2, 0.25) is 0 Å². The zero-order valence-corrected chi connectivity index (χ0v) is 17.9. The second-order valence-electron chi connectivity index (χ2n) is 7.40. The first kappa shape index (κ1) is 20.7. The second kappa shape index (κ2) is 8.69. The van der Waals surface area contributed by atoms with Crippen LogP contribution >= 0.6 is 22.9 Å². The molecule has 3 atom stereocenters. The van der Waals surface area contributed by atoms with Crippen molar-refractivity contribution in [2.24, 2.45) is 11.7 Å². The first-order chi connectivity index (χ1) is 14.4. The van der Waals surface area contributed by atoms with Crippen LogP contribution in [0, 0.1) is 5.92 Å². The van der Waals surface area contributed by atoms with Crippen molar-refractivity contribution in [1.82, 2.24) is 9.97 Å². The van der Waals surface area contributed by atoms with Gasteiger partial charge < -0.3 is 21.1 Å². The van der Waals surface area contributed by atoms with Gasteiger partial charge in [0, 0.05) is 42.2 Å². The van der Waals surface area contributed by atoms with E-state index in [0.29, 0.717) is 34.5 Å². The molecule has 4 N–H and O–H groups in total. The summed E-state index contributed by atoms with van der Waals surface area (Å²) in [5.41, 5.74) is 8.58. The Balaban J connectivity index is 1.54. The molecule has 3 aromatic rings. The standard InChI is InChI=1S/C21H22ClN5O2S/c1-12-9-27(10-15(23)19(12)28)18-6-7-24-8-16(18)25-20(29)17-11-30-21(26-17)13-4-2-3-5-14(13)22/h2-8,11-12,15,19,28H,9-10,23H2,1H3,(H,25,29). The molecule has 9 heteroatoms. The number of benzene rings is 1. The zero-order valence-electron chi connectivity index (χ0n) is 16.3. The van der Waals surface area contributed by atoms with Crippen LogP contribution in [-0.2, 0) is 0 Å². The van der Waals surface area contributed by atoms with E-state index in [-0.39, 0.29) is 17.9 Å². The molecular formula is C21H22ClN5O2S. The zero-order chi connectivity index (χ0) is 21.3. The number of nitrogens with zero attached hydrogens (tertiary/aromatic N) is 3. The van der Waals surface area contributed by atoms with Crippen LogP contribution in [0.5, 0.6) is 0 Å². The average Bonchev–Trinajstić information content (AvgIpc) is 3.22. The quantitative estimate of drug-likeness (QED) is 0.571. The Bertz CT molecular complexity index is 1050. The number of carbonyl (C=O) groups is 1. The number of thiazole rings is 1. The van der Waals surface area contributed by atoms with E-state index in [1.807, 2.05) is 31.2 Å². The Morgan fingerprint density at radius 3 is 2.90 bits per heavy atom. The molecule has 1 saturated heterocycles. The largest absolute Gasteiger partial charge is 0.391 e. The molecule has 1 amide bonds. The Morgan fingerprint density at radius 1 is 1.33 bits per heavy atom. The number of aliphatic hydroxyl groups excluding tert-OH is 1. The first-order valence-corrected chi connectivity index (χ1v) is 10.8. The summed E-state index contributed by atoms with van der Waals surface area (Å²) >= 11 is 7.60. The summed E-state index contributed by atoms with van der Waals surface area (Å²) in [6.07, 6.45) is 2.74. The highest BCUT2D eigenvalue weighted by Crippen LogP contribution is 2.32. The maximum atomic E-state index is 12.8. The van der Waals surface area contributed by atoms with Crippen LogP contribution in [0.4, 0.5) is 11.4 Å². The Hall–Kier alpha value is -2.52. The van der Waals surface area contributed by atoms with Gasteiger partial charge in [-0.2, -0.15) is 0 Å². The minimum Gasteiger partial charge on any atom is -0.391 e. The molecule has 3 unspecified atom stereocenters. The fourth-order valence-corrected chi connectivity index (χ4v) is 4.71. The van der Waals surface area contributed by atoms with Gasteiger partial charge in [-0.25, -0.2) is 4.98 Å².